The lowest BCUT2D eigenvalue weighted by molar-refractivity contribution is 0.307. The van der Waals surface area contributed by atoms with E-state index in [0.717, 1.165) is 16.3 Å². The molecule has 30 heavy (non-hydrogen) atoms. The van der Waals surface area contributed by atoms with Crippen molar-refractivity contribution in [2.45, 2.75) is 6.61 Å². The Morgan fingerprint density at radius 1 is 0.900 bits per heavy atom. The number of nitriles is 2. The first kappa shape index (κ1) is 18.8. The highest BCUT2D eigenvalue weighted by Gasteiger charge is 2.20. The number of nitrogens with one attached hydrogen (secondary N) is 1. The van der Waals surface area contributed by atoms with Gasteiger partial charge in [0.15, 0.2) is 0 Å². The molecule has 1 aromatic heterocycles. The average molecular weight is 392 g/mol. The van der Waals surface area contributed by atoms with Gasteiger partial charge >= 0.3 is 0 Å². The molecule has 3 N–H and O–H groups in total. The van der Waals surface area contributed by atoms with E-state index in [2.05, 4.69) is 4.98 Å². The molecular formula is C24H16N4O2. The first-order chi connectivity index (χ1) is 14.6. The summed E-state index contributed by atoms with van der Waals surface area (Å²) < 4.78 is 6.03. The molecule has 6 heteroatoms. The number of anilines is 1. The quantitative estimate of drug-likeness (QED) is 0.542. The van der Waals surface area contributed by atoms with Gasteiger partial charge in [0.05, 0.1) is 0 Å². The maximum Gasteiger partial charge on any atom is 0.268 e. The van der Waals surface area contributed by atoms with Gasteiger partial charge in [0.1, 0.15) is 41.4 Å². The van der Waals surface area contributed by atoms with Crippen LogP contribution in [-0.4, -0.2) is 4.98 Å². The summed E-state index contributed by atoms with van der Waals surface area (Å²) in [5, 5.41) is 21.3. The van der Waals surface area contributed by atoms with E-state index in [1.807, 2.05) is 54.6 Å². The van der Waals surface area contributed by atoms with E-state index in [4.69, 9.17) is 10.5 Å². The summed E-state index contributed by atoms with van der Waals surface area (Å²) in [6.45, 7) is 0.282. The number of hydrogen-bond acceptors (Lipinski definition) is 5. The number of aromatic amines is 1. The molecule has 6 nitrogen and oxygen atoms in total. The van der Waals surface area contributed by atoms with Crippen LogP contribution in [0.4, 0.5) is 5.82 Å². The normalized spacial score (nSPS) is 10.3. The Bertz CT molecular complexity index is 1410. The number of H-pyrrole nitrogens is 1. The highest BCUT2D eigenvalue weighted by atomic mass is 16.5. The molecule has 0 atom stereocenters. The minimum Gasteiger partial charge on any atom is -0.488 e. The second-order valence-corrected chi connectivity index (χ2v) is 6.68. The number of nitrogens with zero attached hydrogens (tertiary/aromatic N) is 2. The lowest BCUT2D eigenvalue weighted by atomic mass is 9.96. The van der Waals surface area contributed by atoms with E-state index in [-0.39, 0.29) is 29.1 Å². The molecule has 0 spiro atoms. The van der Waals surface area contributed by atoms with Gasteiger partial charge in [-0.15, -0.1) is 0 Å². The third-order valence-corrected chi connectivity index (χ3v) is 4.83. The Balaban J connectivity index is 1.76. The van der Waals surface area contributed by atoms with Crippen molar-refractivity contribution in [3.63, 3.8) is 0 Å². The summed E-state index contributed by atoms with van der Waals surface area (Å²) in [4.78, 5) is 14.6. The van der Waals surface area contributed by atoms with Crippen molar-refractivity contribution in [3.8, 4) is 29.0 Å². The van der Waals surface area contributed by atoms with Crippen LogP contribution in [-0.2, 0) is 6.61 Å². The van der Waals surface area contributed by atoms with Crippen molar-refractivity contribution in [2.24, 2.45) is 0 Å². The first-order valence-electron chi connectivity index (χ1n) is 9.18. The van der Waals surface area contributed by atoms with Crippen molar-refractivity contribution in [1.82, 2.24) is 4.98 Å². The molecule has 0 unspecified atom stereocenters. The zero-order valence-corrected chi connectivity index (χ0v) is 15.8. The van der Waals surface area contributed by atoms with Crippen LogP contribution < -0.4 is 16.0 Å². The largest absolute Gasteiger partial charge is 0.488 e. The minimum atomic E-state index is -0.645. The van der Waals surface area contributed by atoms with Crippen molar-refractivity contribution in [3.05, 3.63) is 93.8 Å². The van der Waals surface area contributed by atoms with Crippen LogP contribution >= 0.6 is 0 Å². The number of pyridine rings is 1. The zero-order valence-electron chi connectivity index (χ0n) is 15.8. The number of hydrogen-bond donors (Lipinski definition) is 2. The van der Waals surface area contributed by atoms with E-state index in [1.54, 1.807) is 24.3 Å². The van der Waals surface area contributed by atoms with E-state index in [0.29, 0.717) is 11.3 Å². The Morgan fingerprint density at radius 2 is 1.60 bits per heavy atom. The summed E-state index contributed by atoms with van der Waals surface area (Å²) >= 11 is 0. The van der Waals surface area contributed by atoms with Gasteiger partial charge in [0.25, 0.3) is 5.56 Å². The predicted molar refractivity (Wildman–Crippen MR) is 115 cm³/mol. The first-order valence-corrected chi connectivity index (χ1v) is 9.18. The van der Waals surface area contributed by atoms with Crippen LogP contribution in [0.1, 0.15) is 16.7 Å². The van der Waals surface area contributed by atoms with Gasteiger partial charge in [-0.05, 0) is 28.5 Å². The Morgan fingerprint density at radius 3 is 2.37 bits per heavy atom. The molecule has 0 saturated carbocycles. The van der Waals surface area contributed by atoms with Crippen LogP contribution in [0.15, 0.2) is 71.5 Å². The van der Waals surface area contributed by atoms with Gasteiger partial charge in [-0.2, -0.15) is 10.5 Å². The Kier molecular flexibility index (Phi) is 4.90. The van der Waals surface area contributed by atoms with Gasteiger partial charge in [-0.1, -0.05) is 54.6 Å². The van der Waals surface area contributed by atoms with Crippen LogP contribution in [0, 0.1) is 22.7 Å². The number of nitrogen functional groups attached to an aromatic ring is 1. The molecule has 0 amide bonds. The van der Waals surface area contributed by atoms with E-state index >= 15 is 0 Å². The Hall–Kier alpha value is -4.55. The number of ether oxygens (including phenoxy) is 1. The maximum atomic E-state index is 12.2. The second-order valence-electron chi connectivity index (χ2n) is 6.68. The van der Waals surface area contributed by atoms with Crippen LogP contribution in [0.2, 0.25) is 0 Å². The number of aromatic nitrogens is 1. The highest BCUT2D eigenvalue weighted by molar-refractivity contribution is 5.84. The van der Waals surface area contributed by atoms with Gasteiger partial charge in [-0.3, -0.25) is 4.79 Å². The monoisotopic (exact) mass is 392 g/mol. The van der Waals surface area contributed by atoms with E-state index in [9.17, 15) is 15.3 Å². The molecular weight excluding hydrogens is 376 g/mol. The number of para-hydroxylation sites is 1. The summed E-state index contributed by atoms with van der Waals surface area (Å²) in [5.41, 5.74) is 6.65. The number of benzene rings is 3. The molecule has 3 aromatic carbocycles. The summed E-state index contributed by atoms with van der Waals surface area (Å²) in [6, 6.07) is 24.9. The fourth-order valence-corrected chi connectivity index (χ4v) is 3.40. The molecule has 0 saturated heterocycles. The fraction of sp³-hybridized carbons (Fsp3) is 0.0417. The molecule has 1 heterocycles. The lowest BCUT2D eigenvalue weighted by Gasteiger charge is -2.14. The van der Waals surface area contributed by atoms with E-state index < -0.39 is 5.56 Å². The van der Waals surface area contributed by atoms with Crippen LogP contribution in [0.5, 0.6) is 5.75 Å². The zero-order chi connectivity index (χ0) is 21.1. The number of fused-ring (bicyclic) bond motifs is 1. The van der Waals surface area contributed by atoms with Gasteiger partial charge < -0.3 is 15.5 Å². The predicted octanol–water partition coefficient (Wildman–Crippen LogP) is 4.10. The minimum absolute atomic E-state index is 0.0351. The molecule has 0 aliphatic carbocycles. The van der Waals surface area contributed by atoms with Crippen molar-refractivity contribution >= 4 is 16.6 Å². The summed E-state index contributed by atoms with van der Waals surface area (Å²) in [6.07, 6.45) is 0. The molecule has 4 aromatic rings. The van der Waals surface area contributed by atoms with Crippen LogP contribution in [0.25, 0.3) is 21.9 Å². The van der Waals surface area contributed by atoms with Crippen molar-refractivity contribution in [2.75, 3.05) is 5.73 Å². The van der Waals surface area contributed by atoms with Crippen molar-refractivity contribution in [1.29, 1.82) is 10.5 Å². The van der Waals surface area contributed by atoms with Gasteiger partial charge in [0, 0.05) is 11.1 Å². The fourth-order valence-electron chi connectivity index (χ4n) is 3.40. The third-order valence-electron chi connectivity index (χ3n) is 4.83. The summed E-state index contributed by atoms with van der Waals surface area (Å²) in [5.74, 6) is 0.365. The van der Waals surface area contributed by atoms with Gasteiger partial charge in [-0.25, -0.2) is 0 Å². The molecule has 144 valence electrons. The molecule has 0 fully saturated rings. The molecule has 0 radical (unpaired) electrons. The highest BCUT2D eigenvalue weighted by Crippen LogP contribution is 2.35. The molecule has 0 aliphatic rings. The molecule has 4 rings (SSSR count). The SMILES string of the molecule is N#Cc1c(N)[nH]c(=O)c(C#N)c1-c1ccccc1OCc1ccc2ccccc2c1. The third kappa shape index (κ3) is 3.34. The number of nitrogens with two attached hydrogens (primary N) is 1. The lowest BCUT2D eigenvalue weighted by Crippen LogP contribution is -2.16. The maximum absolute atomic E-state index is 12.2. The average Bonchev–Trinajstić information content (AvgIpc) is 2.77. The standard InChI is InChI=1S/C24H16N4O2/c25-12-19-22(20(13-26)24(29)28-23(19)27)18-7-3-4-8-21(18)30-14-15-9-10-16-5-1-2-6-17(16)11-15/h1-11H,14H2,(H3,27,28,29). The molecule has 0 aliphatic heterocycles. The number of rotatable bonds is 4. The topological polar surface area (TPSA) is 116 Å². The summed E-state index contributed by atoms with van der Waals surface area (Å²) in [7, 11) is 0. The van der Waals surface area contributed by atoms with E-state index in [1.165, 1.54) is 0 Å². The van der Waals surface area contributed by atoms with Crippen molar-refractivity contribution < 1.29 is 4.74 Å². The van der Waals surface area contributed by atoms with Crippen LogP contribution in [0.3, 0.4) is 0 Å². The Labute approximate surface area is 172 Å². The molecule has 0 bridgehead atoms. The smallest absolute Gasteiger partial charge is 0.268 e. The van der Waals surface area contributed by atoms with Gasteiger partial charge in [0.2, 0.25) is 0 Å². The second kappa shape index (κ2) is 7.83.